The fourth-order valence-electron chi connectivity index (χ4n) is 3.47. The van der Waals surface area contributed by atoms with E-state index >= 15 is 0 Å². The zero-order chi connectivity index (χ0) is 22.2. The molecule has 0 spiro atoms. The number of rotatable bonds is 7. The lowest BCUT2D eigenvalue weighted by atomic mass is 9.98. The van der Waals surface area contributed by atoms with E-state index in [0.29, 0.717) is 0 Å². The molecule has 160 valence electrons. The van der Waals surface area contributed by atoms with Crippen LogP contribution in [0.25, 0.3) is 11.1 Å². The molecule has 0 fully saturated rings. The number of carboxylic acid groups (broad SMARTS) is 1. The van der Waals surface area contributed by atoms with Crippen LogP contribution in [0.15, 0.2) is 48.5 Å². The third kappa shape index (κ3) is 5.84. The molecule has 0 bridgehead atoms. The van der Waals surface area contributed by atoms with Gasteiger partial charge in [0.15, 0.2) is 0 Å². The number of hydrogen-bond acceptors (Lipinski definition) is 5. The smallest absolute Gasteiger partial charge is 0.407 e. The number of alkyl carbamates (subject to hydrolysis) is 1. The Balaban J connectivity index is 1.44. The summed E-state index contributed by atoms with van der Waals surface area (Å²) < 4.78 is 5.36. The molecule has 2 amide bonds. The number of aliphatic carboxylic acids is 1. The van der Waals surface area contributed by atoms with Crippen molar-refractivity contribution < 1.29 is 29.3 Å². The van der Waals surface area contributed by atoms with E-state index in [0.717, 1.165) is 22.3 Å². The van der Waals surface area contributed by atoms with Crippen LogP contribution in [0.2, 0.25) is 0 Å². The minimum atomic E-state index is -1.29. The summed E-state index contributed by atoms with van der Waals surface area (Å²) >= 11 is 0. The van der Waals surface area contributed by atoms with Crippen LogP contribution in [0.4, 0.5) is 4.79 Å². The molecule has 0 saturated heterocycles. The quantitative estimate of drug-likeness (QED) is 0.501. The number of ether oxygens (including phenoxy) is 1. The topological polar surface area (TPSA) is 125 Å². The van der Waals surface area contributed by atoms with E-state index in [1.807, 2.05) is 54.5 Å². The Hall–Kier alpha value is -3.83. The van der Waals surface area contributed by atoms with Crippen LogP contribution in [-0.4, -0.2) is 54.0 Å². The Labute approximate surface area is 179 Å². The highest BCUT2D eigenvalue weighted by Crippen LogP contribution is 2.44. The first kappa shape index (κ1) is 21.9. The fourth-order valence-corrected chi connectivity index (χ4v) is 3.47. The molecule has 0 saturated carbocycles. The number of nitrogens with one attached hydrogen (secondary N) is 2. The standard InChI is InChI=1S/C23H22N2O6/c26-15(12-21(27)24-11-5-10-22(28)29)13-25-23(30)31-14-20-18-8-3-1-6-16(18)17-7-2-4-9-19(17)20/h1-4,6-9,15,20,26H,11-14H2,(H,24,27)(H,25,30)(H,28,29). The SMILES string of the molecule is O=C(O)C#CCNC(=O)CC(O)CNC(=O)OCC1c2ccccc2-c2ccccc21. The summed E-state index contributed by atoms with van der Waals surface area (Å²) in [7, 11) is 0. The van der Waals surface area contributed by atoms with Crippen LogP contribution >= 0.6 is 0 Å². The molecule has 31 heavy (non-hydrogen) atoms. The van der Waals surface area contributed by atoms with E-state index in [2.05, 4.69) is 16.6 Å². The maximum absolute atomic E-state index is 12.1. The molecule has 8 nitrogen and oxygen atoms in total. The van der Waals surface area contributed by atoms with Crippen LogP contribution in [-0.2, 0) is 14.3 Å². The lowest BCUT2D eigenvalue weighted by molar-refractivity contribution is -0.130. The van der Waals surface area contributed by atoms with E-state index in [9.17, 15) is 19.5 Å². The number of benzene rings is 2. The van der Waals surface area contributed by atoms with Gasteiger partial charge >= 0.3 is 12.1 Å². The van der Waals surface area contributed by atoms with Crippen molar-refractivity contribution in [3.8, 4) is 23.0 Å². The number of carbonyl (C=O) groups excluding carboxylic acids is 2. The number of hydrogen-bond donors (Lipinski definition) is 4. The molecule has 2 aromatic rings. The van der Waals surface area contributed by atoms with E-state index in [-0.39, 0.29) is 32.0 Å². The number of aliphatic hydroxyl groups excluding tert-OH is 1. The summed E-state index contributed by atoms with van der Waals surface area (Å²) in [6, 6.07) is 16.0. The summed E-state index contributed by atoms with van der Waals surface area (Å²) in [6.45, 7) is -0.152. The normalized spacial score (nSPS) is 12.5. The summed E-state index contributed by atoms with van der Waals surface area (Å²) in [5.74, 6) is 2.23. The molecule has 8 heteroatoms. The Morgan fingerprint density at radius 3 is 2.23 bits per heavy atom. The van der Waals surface area contributed by atoms with Gasteiger partial charge in [0, 0.05) is 18.4 Å². The number of amides is 2. The van der Waals surface area contributed by atoms with Crippen molar-refractivity contribution in [3.05, 3.63) is 59.7 Å². The van der Waals surface area contributed by atoms with Crippen molar-refractivity contribution in [1.29, 1.82) is 0 Å². The van der Waals surface area contributed by atoms with E-state index in [1.165, 1.54) is 0 Å². The van der Waals surface area contributed by atoms with E-state index < -0.39 is 24.1 Å². The van der Waals surface area contributed by atoms with E-state index in [1.54, 1.807) is 0 Å². The van der Waals surface area contributed by atoms with Gasteiger partial charge in [-0.25, -0.2) is 9.59 Å². The van der Waals surface area contributed by atoms with E-state index in [4.69, 9.17) is 9.84 Å². The molecule has 2 aromatic carbocycles. The minimum Gasteiger partial charge on any atom is -0.472 e. The predicted octanol–water partition coefficient (Wildman–Crippen LogP) is 1.48. The van der Waals surface area contributed by atoms with Gasteiger partial charge in [-0.3, -0.25) is 4.79 Å². The third-order valence-electron chi connectivity index (χ3n) is 4.82. The molecular weight excluding hydrogens is 400 g/mol. The second-order valence-electron chi connectivity index (χ2n) is 6.95. The number of carboxylic acids is 1. The van der Waals surface area contributed by atoms with Gasteiger partial charge in [0.2, 0.25) is 5.91 Å². The van der Waals surface area contributed by atoms with Crippen LogP contribution < -0.4 is 10.6 Å². The summed E-state index contributed by atoms with van der Waals surface area (Å²) in [4.78, 5) is 34.0. The average molecular weight is 422 g/mol. The Morgan fingerprint density at radius 1 is 1.00 bits per heavy atom. The van der Waals surface area contributed by atoms with Crippen LogP contribution in [0.5, 0.6) is 0 Å². The lowest BCUT2D eigenvalue weighted by Gasteiger charge is -2.15. The highest BCUT2D eigenvalue weighted by atomic mass is 16.5. The Morgan fingerprint density at radius 2 is 1.61 bits per heavy atom. The zero-order valence-corrected chi connectivity index (χ0v) is 16.6. The van der Waals surface area contributed by atoms with Crippen molar-refractivity contribution in [3.63, 3.8) is 0 Å². The second-order valence-corrected chi connectivity index (χ2v) is 6.95. The maximum Gasteiger partial charge on any atom is 0.407 e. The molecule has 4 N–H and O–H groups in total. The molecule has 3 rings (SSSR count). The molecule has 0 aliphatic heterocycles. The number of aliphatic hydroxyl groups is 1. The van der Waals surface area contributed by atoms with Crippen molar-refractivity contribution in [2.75, 3.05) is 19.7 Å². The average Bonchev–Trinajstić information content (AvgIpc) is 3.07. The summed E-state index contributed by atoms with van der Waals surface area (Å²) in [5, 5.41) is 23.1. The van der Waals surface area contributed by atoms with Gasteiger partial charge in [0.05, 0.1) is 19.1 Å². The maximum atomic E-state index is 12.1. The van der Waals surface area contributed by atoms with Gasteiger partial charge in [-0.05, 0) is 22.3 Å². The van der Waals surface area contributed by atoms with Gasteiger partial charge in [-0.15, -0.1) is 0 Å². The molecule has 0 aromatic heterocycles. The van der Waals surface area contributed by atoms with Crippen LogP contribution in [0.1, 0.15) is 23.5 Å². The van der Waals surface area contributed by atoms with Crippen molar-refractivity contribution in [2.45, 2.75) is 18.4 Å². The lowest BCUT2D eigenvalue weighted by Crippen LogP contribution is -2.36. The highest BCUT2D eigenvalue weighted by molar-refractivity contribution is 5.86. The largest absolute Gasteiger partial charge is 0.472 e. The van der Waals surface area contributed by atoms with Crippen molar-refractivity contribution in [1.82, 2.24) is 10.6 Å². The molecule has 1 unspecified atom stereocenters. The number of fused-ring (bicyclic) bond motifs is 3. The molecule has 1 aliphatic carbocycles. The minimum absolute atomic E-state index is 0.0687. The van der Waals surface area contributed by atoms with Gasteiger partial charge in [0.25, 0.3) is 0 Å². The highest BCUT2D eigenvalue weighted by Gasteiger charge is 2.29. The van der Waals surface area contributed by atoms with Gasteiger partial charge in [-0.2, -0.15) is 0 Å². The molecule has 1 aliphatic rings. The second kappa shape index (κ2) is 10.3. The number of carbonyl (C=O) groups is 3. The van der Waals surface area contributed by atoms with Gasteiger partial charge in [-0.1, -0.05) is 54.5 Å². The van der Waals surface area contributed by atoms with Gasteiger partial charge < -0.3 is 25.6 Å². The fraction of sp³-hybridized carbons (Fsp3) is 0.261. The van der Waals surface area contributed by atoms with Crippen LogP contribution in [0.3, 0.4) is 0 Å². The first-order valence-corrected chi connectivity index (χ1v) is 9.71. The molecule has 0 heterocycles. The molecule has 0 radical (unpaired) electrons. The summed E-state index contributed by atoms with van der Waals surface area (Å²) in [6.07, 6.45) is -2.07. The van der Waals surface area contributed by atoms with Gasteiger partial charge in [0.1, 0.15) is 6.61 Å². The third-order valence-corrected chi connectivity index (χ3v) is 4.82. The summed E-state index contributed by atoms with van der Waals surface area (Å²) in [5.41, 5.74) is 4.45. The Bertz CT molecular complexity index is 994. The Kier molecular flexibility index (Phi) is 7.25. The predicted molar refractivity (Wildman–Crippen MR) is 112 cm³/mol. The zero-order valence-electron chi connectivity index (χ0n) is 16.6. The molecular formula is C23H22N2O6. The monoisotopic (exact) mass is 422 g/mol. The van der Waals surface area contributed by atoms with Crippen molar-refractivity contribution in [2.24, 2.45) is 0 Å². The first-order valence-electron chi connectivity index (χ1n) is 9.71. The van der Waals surface area contributed by atoms with Crippen molar-refractivity contribution >= 4 is 18.0 Å². The molecule has 1 atom stereocenters. The first-order chi connectivity index (χ1) is 15.0. The van der Waals surface area contributed by atoms with Crippen LogP contribution in [0, 0.1) is 11.8 Å².